The van der Waals surface area contributed by atoms with Gasteiger partial charge in [-0.2, -0.15) is 0 Å². The molecule has 196 valence electrons. The van der Waals surface area contributed by atoms with E-state index in [9.17, 15) is 9.59 Å². The first-order valence-corrected chi connectivity index (χ1v) is 13.5. The molecule has 4 nitrogen and oxygen atoms in total. The van der Waals surface area contributed by atoms with Crippen molar-refractivity contribution in [3.8, 4) is 5.75 Å². The van der Waals surface area contributed by atoms with Gasteiger partial charge in [0.05, 0.1) is 17.2 Å². The topological polar surface area (TPSA) is 52.6 Å². The van der Waals surface area contributed by atoms with E-state index in [1.165, 1.54) is 36.5 Å². The number of benzene rings is 3. The molecule has 0 spiro atoms. The normalized spacial score (nSPS) is 13.4. The van der Waals surface area contributed by atoms with Crippen LogP contribution < -0.4 is 4.74 Å². The summed E-state index contributed by atoms with van der Waals surface area (Å²) >= 11 is 0. The molecule has 2 unspecified atom stereocenters. The van der Waals surface area contributed by atoms with Crippen molar-refractivity contribution in [3.05, 3.63) is 101 Å². The van der Waals surface area contributed by atoms with Crippen molar-refractivity contribution in [2.45, 2.75) is 84.7 Å². The fraction of sp³-hybridized carbons (Fsp3) is 0.394. The zero-order valence-corrected chi connectivity index (χ0v) is 22.9. The molecular weight excluding hydrogens is 460 g/mol. The highest BCUT2D eigenvalue weighted by atomic mass is 16.5. The van der Waals surface area contributed by atoms with E-state index in [0.29, 0.717) is 16.9 Å². The lowest BCUT2D eigenvalue weighted by atomic mass is 9.76. The van der Waals surface area contributed by atoms with Gasteiger partial charge in [0.25, 0.3) is 0 Å². The van der Waals surface area contributed by atoms with Crippen LogP contribution in [0.2, 0.25) is 0 Å². The van der Waals surface area contributed by atoms with Gasteiger partial charge in [0, 0.05) is 0 Å². The number of hydrogen-bond donors (Lipinski definition) is 0. The second kappa shape index (κ2) is 13.2. The van der Waals surface area contributed by atoms with Crippen LogP contribution in [0, 0.1) is 0 Å². The molecule has 0 radical (unpaired) electrons. The highest BCUT2D eigenvalue weighted by Gasteiger charge is 2.23. The van der Waals surface area contributed by atoms with E-state index in [1.807, 2.05) is 38.1 Å². The maximum absolute atomic E-state index is 12.7. The van der Waals surface area contributed by atoms with Gasteiger partial charge >= 0.3 is 11.9 Å². The molecule has 3 rings (SSSR count). The van der Waals surface area contributed by atoms with Crippen molar-refractivity contribution in [1.82, 2.24) is 0 Å². The van der Waals surface area contributed by atoms with Gasteiger partial charge < -0.3 is 9.47 Å². The summed E-state index contributed by atoms with van der Waals surface area (Å²) in [5.74, 6) is -0.489. The summed E-state index contributed by atoms with van der Waals surface area (Å²) in [6, 6.07) is 23.0. The molecule has 2 atom stereocenters. The standard InChI is InChI=1S/C33H40O4/c1-6-9-21-33(5,8-3)29-17-13-25(14-18-29)22-26-15-19-30(20-16-26)37-32(35)28-12-10-11-27(23-28)31(34)36-24(4)7-2/h10-20,23-24H,6-9,21-22H2,1-5H3. The highest BCUT2D eigenvalue weighted by molar-refractivity contribution is 5.96. The van der Waals surface area contributed by atoms with Crippen molar-refractivity contribution in [3.63, 3.8) is 0 Å². The van der Waals surface area contributed by atoms with Crippen molar-refractivity contribution >= 4 is 11.9 Å². The molecule has 0 aromatic heterocycles. The molecule has 0 bridgehead atoms. The van der Waals surface area contributed by atoms with Crippen LogP contribution in [0.5, 0.6) is 5.75 Å². The van der Waals surface area contributed by atoms with Crippen LogP contribution in [-0.4, -0.2) is 18.0 Å². The Balaban J connectivity index is 1.61. The van der Waals surface area contributed by atoms with E-state index < -0.39 is 11.9 Å². The predicted molar refractivity (Wildman–Crippen MR) is 149 cm³/mol. The smallest absolute Gasteiger partial charge is 0.343 e. The molecule has 0 aliphatic rings. The molecule has 0 aliphatic heterocycles. The zero-order chi connectivity index (χ0) is 26.8. The van der Waals surface area contributed by atoms with Crippen molar-refractivity contribution in [2.75, 3.05) is 0 Å². The quantitative estimate of drug-likeness (QED) is 0.185. The van der Waals surface area contributed by atoms with Crippen LogP contribution >= 0.6 is 0 Å². The fourth-order valence-electron chi connectivity index (χ4n) is 4.30. The van der Waals surface area contributed by atoms with Crippen molar-refractivity contribution in [2.24, 2.45) is 0 Å². The van der Waals surface area contributed by atoms with Gasteiger partial charge in [0.1, 0.15) is 5.75 Å². The van der Waals surface area contributed by atoms with Gasteiger partial charge in [-0.3, -0.25) is 0 Å². The van der Waals surface area contributed by atoms with E-state index >= 15 is 0 Å². The van der Waals surface area contributed by atoms with Gasteiger partial charge in [0.2, 0.25) is 0 Å². The summed E-state index contributed by atoms with van der Waals surface area (Å²) in [6.45, 7) is 10.7. The molecule has 0 heterocycles. The highest BCUT2D eigenvalue weighted by Crippen LogP contribution is 2.33. The maximum Gasteiger partial charge on any atom is 0.343 e. The Morgan fingerprint density at radius 3 is 2.00 bits per heavy atom. The summed E-state index contributed by atoms with van der Waals surface area (Å²) in [5, 5.41) is 0. The average Bonchev–Trinajstić information content (AvgIpc) is 2.93. The number of ether oxygens (including phenoxy) is 2. The number of unbranched alkanes of at least 4 members (excludes halogenated alkanes) is 1. The van der Waals surface area contributed by atoms with E-state index in [2.05, 4.69) is 45.0 Å². The first-order chi connectivity index (χ1) is 17.8. The predicted octanol–water partition coefficient (Wildman–Crippen LogP) is 8.31. The number of esters is 2. The second-order valence-corrected chi connectivity index (χ2v) is 10.1. The minimum atomic E-state index is -0.511. The summed E-state index contributed by atoms with van der Waals surface area (Å²) in [7, 11) is 0. The minimum Gasteiger partial charge on any atom is -0.459 e. The third-order valence-electron chi connectivity index (χ3n) is 7.27. The van der Waals surface area contributed by atoms with Gasteiger partial charge in [-0.1, -0.05) is 83.0 Å². The largest absolute Gasteiger partial charge is 0.459 e. The van der Waals surface area contributed by atoms with Crippen LogP contribution in [0.1, 0.15) is 104 Å². The summed E-state index contributed by atoms with van der Waals surface area (Å²) in [5.41, 5.74) is 4.68. The van der Waals surface area contributed by atoms with Gasteiger partial charge in [-0.05, 0) is 85.0 Å². The van der Waals surface area contributed by atoms with E-state index in [0.717, 1.165) is 24.8 Å². The Morgan fingerprint density at radius 1 is 0.838 bits per heavy atom. The molecule has 0 N–H and O–H groups in total. The lowest BCUT2D eigenvalue weighted by Gasteiger charge is -2.29. The third-order valence-corrected chi connectivity index (χ3v) is 7.27. The number of rotatable bonds is 12. The van der Waals surface area contributed by atoms with Crippen LogP contribution in [0.3, 0.4) is 0 Å². The van der Waals surface area contributed by atoms with E-state index in [1.54, 1.807) is 18.2 Å². The van der Waals surface area contributed by atoms with E-state index in [-0.39, 0.29) is 11.5 Å². The molecule has 3 aromatic carbocycles. The second-order valence-electron chi connectivity index (χ2n) is 10.1. The Labute approximate surface area is 222 Å². The summed E-state index contributed by atoms with van der Waals surface area (Å²) < 4.78 is 10.9. The summed E-state index contributed by atoms with van der Waals surface area (Å²) in [4.78, 5) is 25.0. The molecule has 0 fully saturated rings. The molecule has 0 aliphatic carbocycles. The first kappa shape index (κ1) is 28.2. The molecular formula is C33H40O4. The van der Waals surface area contributed by atoms with Gasteiger partial charge in [-0.25, -0.2) is 9.59 Å². The molecule has 4 heteroatoms. The number of carbonyl (C=O) groups excluding carboxylic acids is 2. The molecule has 3 aromatic rings. The number of carbonyl (C=O) groups is 2. The Bertz CT molecular complexity index is 1160. The molecule has 0 amide bonds. The van der Waals surface area contributed by atoms with Crippen LogP contribution in [-0.2, 0) is 16.6 Å². The van der Waals surface area contributed by atoms with Crippen molar-refractivity contribution in [1.29, 1.82) is 0 Å². The zero-order valence-electron chi connectivity index (χ0n) is 22.9. The monoisotopic (exact) mass is 500 g/mol. The SMILES string of the molecule is CCCCC(C)(CC)c1ccc(Cc2ccc(OC(=O)c3cccc(C(=O)OC(C)CC)c3)cc2)cc1. The van der Waals surface area contributed by atoms with Gasteiger partial charge in [-0.15, -0.1) is 0 Å². The van der Waals surface area contributed by atoms with Crippen LogP contribution in [0.15, 0.2) is 72.8 Å². The molecule has 0 saturated carbocycles. The lowest BCUT2D eigenvalue weighted by Crippen LogP contribution is -2.20. The Hall–Kier alpha value is -3.40. The lowest BCUT2D eigenvalue weighted by molar-refractivity contribution is 0.0334. The van der Waals surface area contributed by atoms with Gasteiger partial charge in [0.15, 0.2) is 0 Å². The van der Waals surface area contributed by atoms with Crippen LogP contribution in [0.25, 0.3) is 0 Å². The fourth-order valence-corrected chi connectivity index (χ4v) is 4.30. The van der Waals surface area contributed by atoms with E-state index in [4.69, 9.17) is 9.47 Å². The van der Waals surface area contributed by atoms with Crippen molar-refractivity contribution < 1.29 is 19.1 Å². The third kappa shape index (κ3) is 7.79. The maximum atomic E-state index is 12.7. The first-order valence-electron chi connectivity index (χ1n) is 13.5. The summed E-state index contributed by atoms with van der Waals surface area (Å²) in [6.07, 6.45) is 6.18. The number of hydrogen-bond acceptors (Lipinski definition) is 4. The Morgan fingerprint density at radius 2 is 1.43 bits per heavy atom. The Kier molecular flexibility index (Phi) is 10.1. The average molecular weight is 501 g/mol. The minimum absolute atomic E-state index is 0.179. The van der Waals surface area contributed by atoms with Crippen LogP contribution in [0.4, 0.5) is 0 Å². The molecule has 0 saturated heterocycles. The molecule has 37 heavy (non-hydrogen) atoms.